The van der Waals surface area contributed by atoms with Gasteiger partial charge in [-0.1, -0.05) is 23.7 Å². The molecule has 0 atom stereocenters. The van der Waals surface area contributed by atoms with Crippen molar-refractivity contribution in [3.63, 3.8) is 0 Å². The van der Waals surface area contributed by atoms with Crippen LogP contribution in [-0.4, -0.2) is 23.0 Å². The van der Waals surface area contributed by atoms with E-state index in [2.05, 4.69) is 9.97 Å². The summed E-state index contributed by atoms with van der Waals surface area (Å²) in [5, 5.41) is 9.03. The first-order valence-electron chi connectivity index (χ1n) is 6.84. The smallest absolute Gasteiger partial charge is 0.364 e. The van der Waals surface area contributed by atoms with Gasteiger partial charge in [0, 0.05) is 6.07 Å². The van der Waals surface area contributed by atoms with Crippen LogP contribution in [0.5, 0.6) is 11.5 Å². The zero-order chi connectivity index (χ0) is 17.1. The number of esters is 1. The fourth-order valence-corrected chi connectivity index (χ4v) is 2.33. The number of nitriles is 1. The SMILES string of the molecule is COc1cc(C#N)cc(Cl)c1OC(=O)c1cnc2ccccc2n1. The predicted molar refractivity (Wildman–Crippen MR) is 87.2 cm³/mol. The van der Waals surface area contributed by atoms with E-state index < -0.39 is 5.97 Å². The Hall–Kier alpha value is -3.17. The molecule has 0 fully saturated rings. The summed E-state index contributed by atoms with van der Waals surface area (Å²) in [5.41, 5.74) is 1.58. The predicted octanol–water partition coefficient (Wildman–Crippen LogP) is 3.38. The third-order valence-corrected chi connectivity index (χ3v) is 3.49. The van der Waals surface area contributed by atoms with Gasteiger partial charge in [-0.05, 0) is 18.2 Å². The van der Waals surface area contributed by atoms with Crippen molar-refractivity contribution in [1.29, 1.82) is 5.26 Å². The molecular weight excluding hydrogens is 330 g/mol. The van der Waals surface area contributed by atoms with Crippen molar-refractivity contribution in [2.24, 2.45) is 0 Å². The number of methoxy groups -OCH3 is 1. The lowest BCUT2D eigenvalue weighted by atomic mass is 10.2. The van der Waals surface area contributed by atoms with Crippen molar-refractivity contribution in [2.45, 2.75) is 0 Å². The monoisotopic (exact) mass is 339 g/mol. The van der Waals surface area contributed by atoms with Crippen LogP contribution < -0.4 is 9.47 Å². The summed E-state index contributed by atoms with van der Waals surface area (Å²) in [5.74, 6) is -0.516. The van der Waals surface area contributed by atoms with Crippen LogP contribution in [0.1, 0.15) is 16.1 Å². The standard InChI is InChI=1S/C17H10ClN3O3/c1-23-15-7-10(8-19)6-11(18)16(15)24-17(22)14-9-20-12-4-2-3-5-13(12)21-14/h2-7,9H,1H3. The molecule has 0 saturated carbocycles. The molecule has 0 aliphatic carbocycles. The van der Waals surface area contributed by atoms with Gasteiger partial charge in [0.05, 0.1) is 41.0 Å². The fraction of sp³-hybridized carbons (Fsp3) is 0.0588. The minimum absolute atomic E-state index is 0.0260. The second kappa shape index (κ2) is 6.52. The second-order valence-electron chi connectivity index (χ2n) is 4.73. The molecule has 24 heavy (non-hydrogen) atoms. The highest BCUT2D eigenvalue weighted by atomic mass is 35.5. The Kier molecular flexibility index (Phi) is 4.27. The molecule has 7 heteroatoms. The number of para-hydroxylation sites is 2. The van der Waals surface area contributed by atoms with Gasteiger partial charge in [0.1, 0.15) is 0 Å². The van der Waals surface area contributed by atoms with E-state index in [9.17, 15) is 4.79 Å². The zero-order valence-corrected chi connectivity index (χ0v) is 13.2. The summed E-state index contributed by atoms with van der Waals surface area (Å²) in [7, 11) is 1.39. The Labute approximate surface area is 142 Å². The number of hydrogen-bond acceptors (Lipinski definition) is 6. The number of carbonyl (C=O) groups is 1. The van der Waals surface area contributed by atoms with Crippen LogP contribution in [0.2, 0.25) is 5.02 Å². The first-order chi connectivity index (χ1) is 11.6. The fourth-order valence-electron chi connectivity index (χ4n) is 2.08. The van der Waals surface area contributed by atoms with E-state index in [1.807, 2.05) is 12.1 Å². The van der Waals surface area contributed by atoms with E-state index >= 15 is 0 Å². The van der Waals surface area contributed by atoms with Crippen molar-refractivity contribution in [3.05, 3.63) is 58.9 Å². The first kappa shape index (κ1) is 15.7. The number of carbonyl (C=O) groups excluding carboxylic acids is 1. The van der Waals surface area contributed by atoms with E-state index in [-0.39, 0.29) is 22.2 Å². The number of fused-ring (bicyclic) bond motifs is 1. The number of benzene rings is 2. The number of aromatic nitrogens is 2. The van der Waals surface area contributed by atoms with Crippen LogP contribution in [0, 0.1) is 11.3 Å². The maximum atomic E-state index is 12.3. The van der Waals surface area contributed by atoms with Crippen LogP contribution in [0.25, 0.3) is 11.0 Å². The normalized spacial score (nSPS) is 10.2. The molecule has 3 rings (SSSR count). The van der Waals surface area contributed by atoms with E-state index in [4.69, 9.17) is 26.3 Å². The molecule has 0 N–H and O–H groups in total. The maximum Gasteiger partial charge on any atom is 0.364 e. The van der Waals surface area contributed by atoms with Crippen molar-refractivity contribution in [2.75, 3.05) is 7.11 Å². The van der Waals surface area contributed by atoms with Gasteiger partial charge in [-0.15, -0.1) is 0 Å². The Morgan fingerprint density at radius 3 is 2.71 bits per heavy atom. The third kappa shape index (κ3) is 2.98. The van der Waals surface area contributed by atoms with E-state index in [1.54, 1.807) is 18.2 Å². The van der Waals surface area contributed by atoms with Gasteiger partial charge in [0.15, 0.2) is 17.2 Å². The van der Waals surface area contributed by atoms with E-state index in [0.29, 0.717) is 16.6 Å². The van der Waals surface area contributed by atoms with E-state index in [0.717, 1.165) is 0 Å². The third-order valence-electron chi connectivity index (χ3n) is 3.21. The highest BCUT2D eigenvalue weighted by Crippen LogP contribution is 2.36. The van der Waals surface area contributed by atoms with Gasteiger partial charge >= 0.3 is 5.97 Å². The number of nitrogens with zero attached hydrogens (tertiary/aromatic N) is 3. The van der Waals surface area contributed by atoms with Gasteiger partial charge in [-0.3, -0.25) is 4.98 Å². The Bertz CT molecular complexity index is 982. The summed E-state index contributed by atoms with van der Waals surface area (Å²) in [6, 6.07) is 11.9. The topological polar surface area (TPSA) is 85.1 Å². The Balaban J connectivity index is 1.95. The van der Waals surface area contributed by atoms with Gasteiger partial charge in [-0.25, -0.2) is 9.78 Å². The quantitative estimate of drug-likeness (QED) is 0.537. The Morgan fingerprint density at radius 1 is 1.25 bits per heavy atom. The van der Waals surface area contributed by atoms with Gasteiger partial charge < -0.3 is 9.47 Å². The highest BCUT2D eigenvalue weighted by Gasteiger charge is 2.18. The van der Waals surface area contributed by atoms with Crippen molar-refractivity contribution in [3.8, 4) is 17.6 Å². The zero-order valence-electron chi connectivity index (χ0n) is 12.5. The average Bonchev–Trinajstić information content (AvgIpc) is 2.62. The first-order valence-corrected chi connectivity index (χ1v) is 7.22. The Morgan fingerprint density at radius 2 is 2.00 bits per heavy atom. The lowest BCUT2D eigenvalue weighted by molar-refractivity contribution is 0.0723. The molecule has 3 aromatic rings. The molecule has 0 saturated heterocycles. The average molecular weight is 340 g/mol. The summed E-state index contributed by atoms with van der Waals surface area (Å²) in [6.45, 7) is 0. The lowest BCUT2D eigenvalue weighted by Gasteiger charge is -2.11. The molecule has 0 unspecified atom stereocenters. The van der Waals surface area contributed by atoms with Crippen molar-refractivity contribution < 1.29 is 14.3 Å². The number of ether oxygens (including phenoxy) is 2. The molecule has 6 nitrogen and oxygen atoms in total. The molecule has 1 heterocycles. The second-order valence-corrected chi connectivity index (χ2v) is 5.14. The summed E-state index contributed by atoms with van der Waals surface area (Å²) >= 11 is 6.07. The van der Waals surface area contributed by atoms with Gasteiger partial charge in [0.25, 0.3) is 0 Å². The van der Waals surface area contributed by atoms with Crippen LogP contribution in [0.4, 0.5) is 0 Å². The van der Waals surface area contributed by atoms with Crippen LogP contribution in [0.3, 0.4) is 0 Å². The van der Waals surface area contributed by atoms with Gasteiger partial charge in [0.2, 0.25) is 0 Å². The van der Waals surface area contributed by atoms with Crippen LogP contribution >= 0.6 is 11.6 Å². The van der Waals surface area contributed by atoms with Crippen molar-refractivity contribution >= 4 is 28.6 Å². The maximum absolute atomic E-state index is 12.3. The summed E-state index contributed by atoms with van der Waals surface area (Å²) < 4.78 is 10.4. The molecular formula is C17H10ClN3O3. The number of rotatable bonds is 3. The molecule has 2 aromatic carbocycles. The summed E-state index contributed by atoms with van der Waals surface area (Å²) in [4.78, 5) is 20.7. The molecule has 0 spiro atoms. The highest BCUT2D eigenvalue weighted by molar-refractivity contribution is 6.32. The molecule has 0 aliphatic rings. The minimum atomic E-state index is -0.724. The summed E-state index contributed by atoms with van der Waals surface area (Å²) in [6.07, 6.45) is 1.33. The largest absolute Gasteiger partial charge is 0.493 e. The van der Waals surface area contributed by atoms with E-state index in [1.165, 1.54) is 25.4 Å². The molecule has 0 bridgehead atoms. The number of hydrogen-bond donors (Lipinski definition) is 0. The van der Waals surface area contributed by atoms with Crippen LogP contribution in [-0.2, 0) is 0 Å². The van der Waals surface area contributed by atoms with Crippen LogP contribution in [0.15, 0.2) is 42.6 Å². The minimum Gasteiger partial charge on any atom is -0.493 e. The molecule has 118 valence electrons. The lowest BCUT2D eigenvalue weighted by Crippen LogP contribution is -2.12. The molecule has 0 radical (unpaired) electrons. The molecule has 0 amide bonds. The molecule has 1 aromatic heterocycles. The van der Waals surface area contributed by atoms with Crippen molar-refractivity contribution in [1.82, 2.24) is 9.97 Å². The number of halogens is 1. The molecule has 0 aliphatic heterocycles. The van der Waals surface area contributed by atoms with Gasteiger partial charge in [-0.2, -0.15) is 5.26 Å².